The van der Waals surface area contributed by atoms with Gasteiger partial charge < -0.3 is 9.88 Å². The molecule has 5 aromatic rings. The van der Waals surface area contributed by atoms with Gasteiger partial charge in [0.25, 0.3) is 10.0 Å². The Bertz CT molecular complexity index is 1730. The number of halogens is 1. The first-order valence-corrected chi connectivity index (χ1v) is 13.8. The van der Waals surface area contributed by atoms with E-state index in [9.17, 15) is 13.2 Å². The third kappa shape index (κ3) is 4.68. The highest BCUT2D eigenvalue weighted by atomic mass is 35.5. The van der Waals surface area contributed by atoms with Crippen LogP contribution in [0.25, 0.3) is 21.8 Å². The SMILES string of the molecule is CCn1c2ccccc2c2cc(NC(=O)CN(c3ccc(C)c(Cl)c3)S(=O)(=O)c3ccccc3)ccc21. The van der Waals surface area contributed by atoms with Gasteiger partial charge in [0, 0.05) is 39.1 Å². The van der Waals surface area contributed by atoms with Crippen molar-refractivity contribution in [3.05, 3.63) is 102 Å². The molecule has 5 rings (SSSR count). The quantitative estimate of drug-likeness (QED) is 0.257. The highest BCUT2D eigenvalue weighted by Crippen LogP contribution is 2.32. The summed E-state index contributed by atoms with van der Waals surface area (Å²) in [5.74, 6) is -0.463. The molecule has 0 bridgehead atoms. The molecule has 0 unspecified atom stereocenters. The maximum atomic E-state index is 13.6. The van der Waals surface area contributed by atoms with Gasteiger partial charge in [-0.3, -0.25) is 9.10 Å². The van der Waals surface area contributed by atoms with E-state index >= 15 is 0 Å². The van der Waals surface area contributed by atoms with Crippen LogP contribution in [0.5, 0.6) is 0 Å². The molecule has 4 aromatic carbocycles. The number of carbonyl (C=O) groups is 1. The van der Waals surface area contributed by atoms with Crippen LogP contribution in [0.4, 0.5) is 11.4 Å². The Kier molecular flexibility index (Phi) is 6.67. The van der Waals surface area contributed by atoms with Gasteiger partial charge >= 0.3 is 0 Å². The summed E-state index contributed by atoms with van der Waals surface area (Å²) >= 11 is 6.31. The second-order valence-corrected chi connectivity index (χ2v) is 11.1. The zero-order chi connectivity index (χ0) is 26.2. The minimum absolute atomic E-state index is 0.0910. The molecule has 0 aliphatic rings. The molecule has 1 aromatic heterocycles. The van der Waals surface area contributed by atoms with Crippen LogP contribution in [0.15, 0.2) is 95.9 Å². The first kappa shape index (κ1) is 24.9. The van der Waals surface area contributed by atoms with E-state index in [2.05, 4.69) is 28.9 Å². The molecule has 0 aliphatic heterocycles. The van der Waals surface area contributed by atoms with Crippen molar-refractivity contribution in [3.63, 3.8) is 0 Å². The number of carbonyl (C=O) groups excluding carboxylic acids is 1. The summed E-state index contributed by atoms with van der Waals surface area (Å²) in [6.45, 7) is 4.34. The molecule has 6 nitrogen and oxygen atoms in total. The Morgan fingerprint density at radius 1 is 0.892 bits per heavy atom. The molecule has 1 amide bonds. The summed E-state index contributed by atoms with van der Waals surface area (Å²) in [6.07, 6.45) is 0. The largest absolute Gasteiger partial charge is 0.341 e. The number of nitrogens with zero attached hydrogens (tertiary/aromatic N) is 2. The third-order valence-corrected chi connectivity index (χ3v) is 8.63. The van der Waals surface area contributed by atoms with Crippen LogP contribution in [0.3, 0.4) is 0 Å². The van der Waals surface area contributed by atoms with Gasteiger partial charge in [-0.25, -0.2) is 8.42 Å². The number of aromatic nitrogens is 1. The highest BCUT2D eigenvalue weighted by molar-refractivity contribution is 7.92. The first-order chi connectivity index (χ1) is 17.8. The zero-order valence-electron chi connectivity index (χ0n) is 20.5. The van der Waals surface area contributed by atoms with Crippen molar-refractivity contribution in [3.8, 4) is 0 Å². The lowest BCUT2D eigenvalue weighted by molar-refractivity contribution is -0.114. The second kappa shape index (κ2) is 9.92. The number of fused-ring (bicyclic) bond motifs is 3. The number of nitrogens with one attached hydrogen (secondary N) is 1. The van der Waals surface area contributed by atoms with Crippen LogP contribution in [-0.4, -0.2) is 25.4 Å². The van der Waals surface area contributed by atoms with Crippen molar-refractivity contribution in [2.45, 2.75) is 25.3 Å². The van der Waals surface area contributed by atoms with Gasteiger partial charge in [-0.1, -0.05) is 54.1 Å². The fourth-order valence-electron chi connectivity index (χ4n) is 4.57. The lowest BCUT2D eigenvalue weighted by atomic mass is 10.1. The lowest BCUT2D eigenvalue weighted by Crippen LogP contribution is -2.38. The van der Waals surface area contributed by atoms with E-state index in [0.29, 0.717) is 16.4 Å². The van der Waals surface area contributed by atoms with Gasteiger partial charge in [0.1, 0.15) is 6.54 Å². The van der Waals surface area contributed by atoms with Gasteiger partial charge in [0.15, 0.2) is 0 Å². The molecule has 0 fully saturated rings. The summed E-state index contributed by atoms with van der Waals surface area (Å²) in [5, 5.41) is 5.43. The number of hydrogen-bond donors (Lipinski definition) is 1. The van der Waals surface area contributed by atoms with E-state index in [-0.39, 0.29) is 4.90 Å². The van der Waals surface area contributed by atoms with Crippen molar-refractivity contribution in [1.82, 2.24) is 4.57 Å². The molecular formula is C29H26ClN3O3S. The van der Waals surface area contributed by atoms with Crippen molar-refractivity contribution < 1.29 is 13.2 Å². The van der Waals surface area contributed by atoms with Crippen LogP contribution in [0.2, 0.25) is 5.02 Å². The van der Waals surface area contributed by atoms with Gasteiger partial charge in [-0.15, -0.1) is 0 Å². The lowest BCUT2D eigenvalue weighted by Gasteiger charge is -2.24. The third-order valence-electron chi connectivity index (χ3n) is 6.43. The Balaban J connectivity index is 1.49. The van der Waals surface area contributed by atoms with E-state index in [0.717, 1.165) is 38.2 Å². The van der Waals surface area contributed by atoms with Crippen LogP contribution in [0.1, 0.15) is 12.5 Å². The molecule has 0 spiro atoms. The van der Waals surface area contributed by atoms with E-state index in [1.165, 1.54) is 12.1 Å². The fourth-order valence-corrected chi connectivity index (χ4v) is 6.18. The number of hydrogen-bond acceptors (Lipinski definition) is 3. The summed E-state index contributed by atoms with van der Waals surface area (Å²) in [7, 11) is -4.02. The summed E-state index contributed by atoms with van der Waals surface area (Å²) < 4.78 is 30.5. The van der Waals surface area contributed by atoms with E-state index in [1.807, 2.05) is 37.3 Å². The average molecular weight is 532 g/mol. The number of para-hydroxylation sites is 1. The zero-order valence-corrected chi connectivity index (χ0v) is 22.1. The maximum Gasteiger partial charge on any atom is 0.264 e. The minimum Gasteiger partial charge on any atom is -0.341 e. The summed E-state index contributed by atoms with van der Waals surface area (Å²) in [5.41, 5.74) is 3.92. The number of anilines is 2. The molecule has 0 saturated carbocycles. The second-order valence-electron chi connectivity index (χ2n) is 8.80. The average Bonchev–Trinajstić information content (AvgIpc) is 3.22. The smallest absolute Gasteiger partial charge is 0.264 e. The minimum atomic E-state index is -4.02. The molecule has 0 atom stereocenters. The number of rotatable bonds is 7. The first-order valence-electron chi connectivity index (χ1n) is 11.9. The molecule has 0 saturated heterocycles. The fraction of sp³-hybridized carbons (Fsp3) is 0.138. The Hall–Kier alpha value is -3.81. The van der Waals surface area contributed by atoms with E-state index in [1.54, 1.807) is 36.4 Å². The summed E-state index contributed by atoms with van der Waals surface area (Å²) in [4.78, 5) is 13.3. The molecule has 0 radical (unpaired) electrons. The van der Waals surface area contributed by atoms with Crippen molar-refractivity contribution >= 4 is 60.7 Å². The molecule has 8 heteroatoms. The number of amides is 1. The standard InChI is InChI=1S/C29H26ClN3O3S/c1-3-32-27-12-8-7-11-24(27)25-17-21(14-16-28(25)32)31-29(34)19-33(22-15-13-20(2)26(30)18-22)37(35,36)23-9-5-4-6-10-23/h4-18H,3,19H2,1-2H3,(H,31,34). The normalized spacial score (nSPS) is 11.6. The maximum absolute atomic E-state index is 13.6. The van der Waals surface area contributed by atoms with E-state index in [4.69, 9.17) is 11.6 Å². The van der Waals surface area contributed by atoms with E-state index < -0.39 is 22.5 Å². The van der Waals surface area contributed by atoms with Crippen molar-refractivity contribution in [2.24, 2.45) is 0 Å². The molecule has 188 valence electrons. The van der Waals surface area contributed by atoms with Crippen LogP contribution in [0, 0.1) is 6.92 Å². The summed E-state index contributed by atoms with van der Waals surface area (Å²) in [6, 6.07) is 26.9. The van der Waals surface area contributed by atoms with Gasteiger partial charge in [-0.2, -0.15) is 0 Å². The highest BCUT2D eigenvalue weighted by Gasteiger charge is 2.27. The van der Waals surface area contributed by atoms with Gasteiger partial charge in [-0.05, 0) is 67.9 Å². The van der Waals surface area contributed by atoms with Crippen LogP contribution in [-0.2, 0) is 21.4 Å². The van der Waals surface area contributed by atoms with Gasteiger partial charge in [0.05, 0.1) is 10.6 Å². The Morgan fingerprint density at radius 2 is 1.59 bits per heavy atom. The molecule has 0 aliphatic carbocycles. The molecule has 1 heterocycles. The Morgan fingerprint density at radius 3 is 2.32 bits per heavy atom. The van der Waals surface area contributed by atoms with Crippen LogP contribution < -0.4 is 9.62 Å². The van der Waals surface area contributed by atoms with Crippen molar-refractivity contribution in [2.75, 3.05) is 16.2 Å². The van der Waals surface area contributed by atoms with Crippen molar-refractivity contribution in [1.29, 1.82) is 0 Å². The predicted octanol–water partition coefficient (Wildman–Crippen LogP) is 6.61. The molecule has 37 heavy (non-hydrogen) atoms. The number of aryl methyl sites for hydroxylation is 2. The molecular weight excluding hydrogens is 506 g/mol. The van der Waals surface area contributed by atoms with Gasteiger partial charge in [0.2, 0.25) is 5.91 Å². The topological polar surface area (TPSA) is 71.4 Å². The number of benzene rings is 4. The number of sulfonamides is 1. The molecule has 1 N–H and O–H groups in total. The van der Waals surface area contributed by atoms with Crippen LogP contribution >= 0.6 is 11.6 Å². The monoisotopic (exact) mass is 531 g/mol. The predicted molar refractivity (Wildman–Crippen MR) is 151 cm³/mol. The Labute approximate surface area is 221 Å².